The Balaban J connectivity index is 2.15. The van der Waals surface area contributed by atoms with Gasteiger partial charge in [0.05, 0.1) is 17.3 Å². The molecule has 0 saturated heterocycles. The fourth-order valence-corrected chi connectivity index (χ4v) is 2.55. The van der Waals surface area contributed by atoms with Crippen molar-refractivity contribution < 1.29 is 4.42 Å². The molecular formula is C10H12ClN3OS. The molecule has 0 saturated carbocycles. The van der Waals surface area contributed by atoms with Gasteiger partial charge >= 0.3 is 0 Å². The molecule has 2 heterocycles. The first-order chi connectivity index (χ1) is 7.70. The van der Waals surface area contributed by atoms with Crippen molar-refractivity contribution >= 4 is 22.9 Å². The van der Waals surface area contributed by atoms with Crippen LogP contribution in [0.15, 0.2) is 22.1 Å². The van der Waals surface area contributed by atoms with E-state index in [1.54, 1.807) is 17.6 Å². The molecule has 0 bridgehead atoms. The molecule has 4 nitrogen and oxygen atoms in total. The number of furan rings is 1. The molecule has 0 radical (unpaired) electrons. The van der Waals surface area contributed by atoms with Crippen LogP contribution in [0, 0.1) is 6.92 Å². The van der Waals surface area contributed by atoms with E-state index in [-0.39, 0.29) is 6.04 Å². The summed E-state index contributed by atoms with van der Waals surface area (Å²) in [6.45, 7) is 1.97. The van der Waals surface area contributed by atoms with E-state index >= 15 is 0 Å². The summed E-state index contributed by atoms with van der Waals surface area (Å²) in [6.07, 6.45) is 2.25. The number of nitrogens with one attached hydrogen (secondary N) is 1. The van der Waals surface area contributed by atoms with Gasteiger partial charge in [0.25, 0.3) is 0 Å². The van der Waals surface area contributed by atoms with Crippen molar-refractivity contribution in [2.45, 2.75) is 19.4 Å². The fourth-order valence-electron chi connectivity index (χ4n) is 1.48. The van der Waals surface area contributed by atoms with Crippen LogP contribution < -0.4 is 11.3 Å². The smallest absolute Gasteiger partial charge is 0.197 e. The molecule has 2 aromatic rings. The molecule has 1 unspecified atom stereocenters. The van der Waals surface area contributed by atoms with Gasteiger partial charge in [-0.1, -0.05) is 0 Å². The maximum atomic E-state index is 5.91. The molecule has 0 fully saturated rings. The van der Waals surface area contributed by atoms with Crippen LogP contribution in [0.1, 0.15) is 22.3 Å². The lowest BCUT2D eigenvalue weighted by atomic mass is 10.1. The Hall–Kier alpha value is -0.880. The molecule has 86 valence electrons. The quantitative estimate of drug-likeness (QED) is 0.652. The molecule has 2 rings (SSSR count). The maximum absolute atomic E-state index is 5.91. The summed E-state index contributed by atoms with van der Waals surface area (Å²) in [5.74, 6) is 5.51. The van der Waals surface area contributed by atoms with E-state index in [0.717, 1.165) is 16.3 Å². The lowest BCUT2D eigenvalue weighted by Gasteiger charge is -2.12. The molecule has 3 N–H and O–H groups in total. The van der Waals surface area contributed by atoms with Gasteiger partial charge in [0.1, 0.15) is 0 Å². The van der Waals surface area contributed by atoms with Crippen molar-refractivity contribution in [3.63, 3.8) is 0 Å². The van der Waals surface area contributed by atoms with E-state index < -0.39 is 0 Å². The predicted octanol–water partition coefficient (Wildman–Crippen LogP) is 2.45. The minimum atomic E-state index is -0.0724. The van der Waals surface area contributed by atoms with Gasteiger partial charge in [-0.25, -0.2) is 4.98 Å². The van der Waals surface area contributed by atoms with Gasteiger partial charge in [-0.2, -0.15) is 0 Å². The second kappa shape index (κ2) is 4.97. The Morgan fingerprint density at radius 3 is 3.00 bits per heavy atom. The number of halogens is 1. The highest BCUT2D eigenvalue weighted by atomic mass is 35.5. The van der Waals surface area contributed by atoms with Gasteiger partial charge in [0.2, 0.25) is 0 Å². The largest absolute Gasteiger partial charge is 0.453 e. The summed E-state index contributed by atoms with van der Waals surface area (Å²) in [5.41, 5.74) is 4.61. The Morgan fingerprint density at radius 2 is 2.50 bits per heavy atom. The number of nitrogens with two attached hydrogens (primary N) is 1. The maximum Gasteiger partial charge on any atom is 0.197 e. The SMILES string of the molecule is Cc1csc(CC(NN)c2ccoc2Cl)n1. The monoisotopic (exact) mass is 257 g/mol. The first kappa shape index (κ1) is 11.6. The van der Waals surface area contributed by atoms with Crippen LogP contribution in [0.4, 0.5) is 0 Å². The summed E-state index contributed by atoms with van der Waals surface area (Å²) in [7, 11) is 0. The number of aryl methyl sites for hydroxylation is 1. The zero-order valence-corrected chi connectivity index (χ0v) is 10.3. The number of hydrazine groups is 1. The number of thiazole rings is 1. The zero-order chi connectivity index (χ0) is 11.5. The Bertz CT molecular complexity index is 468. The summed E-state index contributed by atoms with van der Waals surface area (Å²) in [4.78, 5) is 4.39. The van der Waals surface area contributed by atoms with Crippen molar-refractivity contribution in [2.75, 3.05) is 0 Å². The molecule has 2 aromatic heterocycles. The van der Waals surface area contributed by atoms with E-state index in [1.165, 1.54) is 0 Å². The average molecular weight is 258 g/mol. The van der Waals surface area contributed by atoms with Crippen molar-refractivity contribution in [3.8, 4) is 0 Å². The molecule has 0 aliphatic carbocycles. The minimum absolute atomic E-state index is 0.0724. The molecule has 0 amide bonds. The Labute approximate surface area is 102 Å². The van der Waals surface area contributed by atoms with Crippen LogP contribution in [-0.4, -0.2) is 4.98 Å². The predicted molar refractivity (Wildman–Crippen MR) is 64.3 cm³/mol. The summed E-state index contributed by atoms with van der Waals surface area (Å²) >= 11 is 7.52. The van der Waals surface area contributed by atoms with Crippen LogP contribution in [0.25, 0.3) is 0 Å². The first-order valence-electron chi connectivity index (χ1n) is 4.80. The van der Waals surface area contributed by atoms with Gasteiger partial charge in [0.15, 0.2) is 5.22 Å². The minimum Gasteiger partial charge on any atom is -0.453 e. The van der Waals surface area contributed by atoms with E-state index in [1.807, 2.05) is 18.4 Å². The molecule has 0 spiro atoms. The fraction of sp³-hybridized carbons (Fsp3) is 0.300. The van der Waals surface area contributed by atoms with Crippen LogP contribution in [0.2, 0.25) is 5.22 Å². The topological polar surface area (TPSA) is 64.1 Å². The third-order valence-electron chi connectivity index (χ3n) is 2.27. The van der Waals surface area contributed by atoms with Crippen LogP contribution in [-0.2, 0) is 6.42 Å². The third kappa shape index (κ3) is 2.44. The highest BCUT2D eigenvalue weighted by Crippen LogP contribution is 2.27. The van der Waals surface area contributed by atoms with Crippen LogP contribution >= 0.6 is 22.9 Å². The molecule has 0 aliphatic rings. The highest BCUT2D eigenvalue weighted by molar-refractivity contribution is 7.09. The molecular weight excluding hydrogens is 246 g/mol. The zero-order valence-electron chi connectivity index (χ0n) is 8.74. The van der Waals surface area contributed by atoms with Gasteiger partial charge in [-0.3, -0.25) is 11.3 Å². The molecule has 16 heavy (non-hydrogen) atoms. The van der Waals surface area contributed by atoms with Crippen LogP contribution in [0.5, 0.6) is 0 Å². The Kier molecular flexibility index (Phi) is 3.60. The van der Waals surface area contributed by atoms with E-state index in [9.17, 15) is 0 Å². The van der Waals surface area contributed by atoms with Crippen molar-refractivity contribution in [2.24, 2.45) is 5.84 Å². The molecule has 6 heteroatoms. The highest BCUT2D eigenvalue weighted by Gasteiger charge is 2.17. The lowest BCUT2D eigenvalue weighted by molar-refractivity contribution is 0.526. The van der Waals surface area contributed by atoms with Crippen molar-refractivity contribution in [1.82, 2.24) is 10.4 Å². The van der Waals surface area contributed by atoms with Gasteiger partial charge < -0.3 is 4.42 Å². The van der Waals surface area contributed by atoms with Gasteiger partial charge in [0, 0.05) is 23.1 Å². The number of hydrogen-bond donors (Lipinski definition) is 2. The first-order valence-corrected chi connectivity index (χ1v) is 6.06. The normalized spacial score (nSPS) is 12.9. The van der Waals surface area contributed by atoms with Gasteiger partial charge in [-0.05, 0) is 24.6 Å². The Morgan fingerprint density at radius 1 is 1.69 bits per heavy atom. The summed E-state index contributed by atoms with van der Waals surface area (Å²) < 4.78 is 5.04. The summed E-state index contributed by atoms with van der Waals surface area (Å²) in [5, 5.41) is 3.41. The molecule has 1 atom stereocenters. The third-order valence-corrected chi connectivity index (χ3v) is 3.56. The average Bonchev–Trinajstić information content (AvgIpc) is 2.84. The number of hydrogen-bond acceptors (Lipinski definition) is 5. The summed E-state index contributed by atoms with van der Waals surface area (Å²) in [6, 6.07) is 1.74. The van der Waals surface area contributed by atoms with E-state index in [4.69, 9.17) is 21.9 Å². The number of aromatic nitrogens is 1. The van der Waals surface area contributed by atoms with Crippen molar-refractivity contribution in [1.29, 1.82) is 0 Å². The lowest BCUT2D eigenvalue weighted by Crippen LogP contribution is -2.29. The second-order valence-corrected chi connectivity index (χ2v) is 4.74. The number of nitrogens with zero attached hydrogens (tertiary/aromatic N) is 1. The molecule has 0 aromatic carbocycles. The number of rotatable bonds is 4. The van der Waals surface area contributed by atoms with Gasteiger partial charge in [-0.15, -0.1) is 11.3 Å². The van der Waals surface area contributed by atoms with E-state index in [2.05, 4.69) is 10.4 Å². The second-order valence-electron chi connectivity index (χ2n) is 3.46. The standard InChI is InChI=1S/C10H12ClN3OS/c1-6-5-16-9(13-6)4-8(14-12)7-2-3-15-10(7)11/h2-3,5,8,14H,4,12H2,1H3. The van der Waals surface area contributed by atoms with Crippen molar-refractivity contribution in [3.05, 3.63) is 39.2 Å². The molecule has 0 aliphatic heterocycles. The van der Waals surface area contributed by atoms with Crippen LogP contribution in [0.3, 0.4) is 0 Å². The van der Waals surface area contributed by atoms with E-state index in [0.29, 0.717) is 11.6 Å².